The van der Waals surface area contributed by atoms with Gasteiger partial charge in [0, 0.05) is 36.6 Å². The molecule has 2 atom stereocenters. The highest BCUT2D eigenvalue weighted by atomic mass is 19.1. The zero-order valence-electron chi connectivity index (χ0n) is 16.1. The van der Waals surface area contributed by atoms with Crippen LogP contribution in [0.1, 0.15) is 47.6 Å². The van der Waals surface area contributed by atoms with Gasteiger partial charge in [0.1, 0.15) is 17.6 Å². The fourth-order valence-corrected chi connectivity index (χ4v) is 4.31. The number of hydrogen-bond donors (Lipinski definition) is 2. The molecule has 1 saturated carbocycles. The summed E-state index contributed by atoms with van der Waals surface area (Å²) < 4.78 is 22.1. The topological polar surface area (TPSA) is 115 Å². The van der Waals surface area contributed by atoms with Crippen LogP contribution in [-0.4, -0.2) is 33.7 Å². The first kappa shape index (κ1) is 18.8. The summed E-state index contributed by atoms with van der Waals surface area (Å²) in [5.74, 6) is -1.33. The Balaban J connectivity index is 1.54. The maximum atomic E-state index is 15.0. The van der Waals surface area contributed by atoms with Gasteiger partial charge in [-0.1, -0.05) is 0 Å². The van der Waals surface area contributed by atoms with Gasteiger partial charge in [-0.2, -0.15) is 0 Å². The third-order valence-electron chi connectivity index (χ3n) is 6.08. The van der Waals surface area contributed by atoms with E-state index in [9.17, 15) is 14.7 Å². The van der Waals surface area contributed by atoms with Crippen LogP contribution in [0.15, 0.2) is 40.0 Å². The lowest BCUT2D eigenvalue weighted by Gasteiger charge is -2.22. The Morgan fingerprint density at radius 1 is 1.33 bits per heavy atom. The van der Waals surface area contributed by atoms with Gasteiger partial charge in [0.25, 0.3) is 0 Å². The average Bonchev–Trinajstić information content (AvgIpc) is 3.21. The molecule has 3 heterocycles. The Kier molecular flexibility index (Phi) is 4.35. The Morgan fingerprint density at radius 2 is 2.13 bits per heavy atom. The van der Waals surface area contributed by atoms with E-state index in [4.69, 9.17) is 10.2 Å². The molecule has 30 heavy (non-hydrogen) atoms. The van der Waals surface area contributed by atoms with Crippen LogP contribution in [0.5, 0.6) is 0 Å². The van der Waals surface area contributed by atoms with Gasteiger partial charge in [0.15, 0.2) is 0 Å². The molecule has 1 aliphatic carbocycles. The van der Waals surface area contributed by atoms with Crippen molar-refractivity contribution in [3.05, 3.63) is 58.3 Å². The molecule has 5 rings (SSSR count). The summed E-state index contributed by atoms with van der Waals surface area (Å²) in [7, 11) is 0. The van der Waals surface area contributed by atoms with Gasteiger partial charge in [0.2, 0.25) is 11.3 Å². The molecule has 9 heteroatoms. The lowest BCUT2D eigenvalue weighted by molar-refractivity contribution is 0.0695. The van der Waals surface area contributed by atoms with E-state index in [0.717, 1.165) is 19.3 Å². The molecule has 156 valence electrons. The summed E-state index contributed by atoms with van der Waals surface area (Å²) >= 11 is 0. The van der Waals surface area contributed by atoms with Gasteiger partial charge in [0.05, 0.1) is 23.4 Å². The lowest BCUT2D eigenvalue weighted by Crippen LogP contribution is -2.27. The first-order chi connectivity index (χ1) is 14.4. The largest absolute Gasteiger partial charge is 0.477 e. The average molecular weight is 412 g/mol. The molecule has 1 aliphatic heterocycles. The number of carboxylic acid groups (broad SMARTS) is 1. The summed E-state index contributed by atoms with van der Waals surface area (Å²) in [6.07, 6.45) is 6.98. The Hall–Kier alpha value is -3.20. The van der Waals surface area contributed by atoms with E-state index >= 15 is 4.39 Å². The van der Waals surface area contributed by atoms with Crippen molar-refractivity contribution < 1.29 is 18.7 Å². The monoisotopic (exact) mass is 412 g/mol. The molecule has 2 fully saturated rings. The van der Waals surface area contributed by atoms with Crippen molar-refractivity contribution in [1.82, 2.24) is 9.55 Å². The Labute approximate surface area is 170 Å². The highest BCUT2D eigenvalue weighted by Crippen LogP contribution is 2.39. The van der Waals surface area contributed by atoms with Gasteiger partial charge in [-0.25, -0.2) is 14.2 Å². The van der Waals surface area contributed by atoms with E-state index in [2.05, 4.69) is 4.98 Å². The number of nitrogens with zero attached hydrogens (tertiary/aromatic N) is 3. The zero-order chi connectivity index (χ0) is 21.0. The smallest absolute Gasteiger partial charge is 0.341 e. The second kappa shape index (κ2) is 6.94. The van der Waals surface area contributed by atoms with Crippen molar-refractivity contribution >= 4 is 22.6 Å². The summed E-state index contributed by atoms with van der Waals surface area (Å²) in [5.41, 5.74) is 6.23. The predicted octanol–water partition coefficient (Wildman–Crippen LogP) is 2.69. The zero-order valence-corrected chi connectivity index (χ0v) is 16.1. The molecular formula is C21H21FN4O4. The molecule has 0 bridgehead atoms. The first-order valence-corrected chi connectivity index (χ1v) is 9.95. The van der Waals surface area contributed by atoms with Crippen molar-refractivity contribution in [1.29, 1.82) is 0 Å². The molecule has 3 N–H and O–H groups in total. The maximum Gasteiger partial charge on any atom is 0.341 e. The van der Waals surface area contributed by atoms with Crippen LogP contribution in [-0.2, 0) is 0 Å². The number of anilines is 1. The number of pyridine rings is 1. The number of benzene rings is 1. The first-order valence-electron chi connectivity index (χ1n) is 9.95. The number of carbonyl (C=O) groups is 1. The van der Waals surface area contributed by atoms with E-state index in [1.54, 1.807) is 16.8 Å². The van der Waals surface area contributed by atoms with Crippen LogP contribution in [0.4, 0.5) is 10.1 Å². The summed E-state index contributed by atoms with van der Waals surface area (Å²) in [6, 6.07) is 2.58. The van der Waals surface area contributed by atoms with Crippen molar-refractivity contribution in [2.24, 2.45) is 11.7 Å². The standard InChI is InChI=1S/C21H21FN4O4/c22-15-7-13-16(26(12-1-2-12)10-14(19(13)27)21(28)29)8-17(15)25-5-3-11(9-25)18(23)20-24-4-6-30-20/h4,6-8,10-12,18H,1-3,5,9,23H2,(H,28,29). The highest BCUT2D eigenvalue weighted by molar-refractivity contribution is 5.93. The Bertz CT molecular complexity index is 1190. The second-order valence-corrected chi connectivity index (χ2v) is 8.03. The van der Waals surface area contributed by atoms with Crippen molar-refractivity contribution in [3.8, 4) is 0 Å². The fourth-order valence-electron chi connectivity index (χ4n) is 4.31. The number of halogens is 1. The van der Waals surface area contributed by atoms with E-state index in [0.29, 0.717) is 30.2 Å². The van der Waals surface area contributed by atoms with Crippen LogP contribution < -0.4 is 16.1 Å². The molecule has 2 aromatic heterocycles. The number of fused-ring (bicyclic) bond motifs is 1. The van der Waals surface area contributed by atoms with Crippen LogP contribution >= 0.6 is 0 Å². The van der Waals surface area contributed by atoms with Crippen LogP contribution in [0.3, 0.4) is 0 Å². The number of carboxylic acids is 1. The molecule has 0 spiro atoms. The van der Waals surface area contributed by atoms with Gasteiger partial charge in [-0.3, -0.25) is 4.79 Å². The molecule has 1 saturated heterocycles. The number of hydrogen-bond acceptors (Lipinski definition) is 6. The SMILES string of the molecule is NC(c1ncco1)C1CCN(c2cc3c(cc2F)c(=O)c(C(=O)O)cn3C2CC2)C1. The molecule has 2 unspecified atom stereocenters. The fraction of sp³-hybridized carbons (Fsp3) is 0.381. The van der Waals surface area contributed by atoms with Gasteiger partial charge in [-0.15, -0.1) is 0 Å². The Morgan fingerprint density at radius 3 is 2.80 bits per heavy atom. The quantitative estimate of drug-likeness (QED) is 0.662. The van der Waals surface area contributed by atoms with Crippen molar-refractivity contribution in [2.45, 2.75) is 31.3 Å². The van der Waals surface area contributed by atoms with Gasteiger partial charge >= 0.3 is 5.97 Å². The molecule has 0 radical (unpaired) electrons. The number of nitrogens with two attached hydrogens (primary N) is 1. The van der Waals surface area contributed by atoms with Crippen LogP contribution in [0.2, 0.25) is 0 Å². The van der Waals surface area contributed by atoms with Gasteiger partial charge < -0.3 is 24.7 Å². The third-order valence-corrected chi connectivity index (χ3v) is 6.08. The molecule has 0 amide bonds. The number of aromatic nitrogens is 2. The minimum absolute atomic E-state index is 0.0544. The molecule has 2 aliphatic rings. The van der Waals surface area contributed by atoms with E-state index < -0.39 is 17.2 Å². The summed E-state index contributed by atoms with van der Waals surface area (Å²) in [5, 5.41) is 9.46. The van der Waals surface area contributed by atoms with E-state index in [1.807, 2.05) is 4.90 Å². The predicted molar refractivity (Wildman–Crippen MR) is 107 cm³/mol. The summed E-state index contributed by atoms with van der Waals surface area (Å²) in [4.78, 5) is 30.1. The van der Waals surface area contributed by atoms with Gasteiger partial charge in [-0.05, 0) is 31.4 Å². The number of rotatable bonds is 5. The molecule has 1 aromatic carbocycles. The van der Waals surface area contributed by atoms with Crippen molar-refractivity contribution in [2.75, 3.05) is 18.0 Å². The van der Waals surface area contributed by atoms with Crippen molar-refractivity contribution in [3.63, 3.8) is 0 Å². The maximum absolute atomic E-state index is 15.0. The molecule has 3 aromatic rings. The van der Waals surface area contributed by atoms with E-state index in [1.165, 1.54) is 18.5 Å². The van der Waals surface area contributed by atoms with Crippen LogP contribution in [0, 0.1) is 11.7 Å². The third kappa shape index (κ3) is 3.06. The molecule has 8 nitrogen and oxygen atoms in total. The molecular weight excluding hydrogens is 391 g/mol. The van der Waals surface area contributed by atoms with E-state index in [-0.39, 0.29) is 29.0 Å². The minimum Gasteiger partial charge on any atom is -0.477 e. The number of aromatic carboxylic acids is 1. The summed E-state index contributed by atoms with van der Waals surface area (Å²) in [6.45, 7) is 1.15. The highest BCUT2D eigenvalue weighted by Gasteiger charge is 2.33. The minimum atomic E-state index is -1.30. The normalized spacial score (nSPS) is 20.1. The van der Waals surface area contributed by atoms with Crippen LogP contribution in [0.25, 0.3) is 10.9 Å². The number of oxazole rings is 1. The lowest BCUT2D eigenvalue weighted by atomic mass is 10.00. The second-order valence-electron chi connectivity index (χ2n) is 8.03.